The Kier molecular flexibility index (Phi) is 6.24. The summed E-state index contributed by atoms with van der Waals surface area (Å²) in [5, 5.41) is 9.92. The summed E-state index contributed by atoms with van der Waals surface area (Å²) >= 11 is 0. The van der Waals surface area contributed by atoms with Crippen LogP contribution in [-0.4, -0.2) is 14.7 Å². The second kappa shape index (κ2) is 8.18. The number of aromatic nitrogens is 2. The van der Waals surface area contributed by atoms with Crippen LogP contribution in [0.4, 0.5) is 0 Å². The Morgan fingerprint density at radius 3 is 2.43 bits per heavy atom. The van der Waals surface area contributed by atoms with Crippen LogP contribution in [0.15, 0.2) is 24.3 Å². The van der Waals surface area contributed by atoms with Crippen molar-refractivity contribution in [2.24, 2.45) is 0 Å². The lowest BCUT2D eigenvalue weighted by Crippen LogP contribution is -2.07. The Labute approximate surface area is 128 Å². The van der Waals surface area contributed by atoms with Crippen LogP contribution in [0.3, 0.4) is 0 Å². The van der Waals surface area contributed by atoms with Gasteiger partial charge in [0.05, 0.1) is 11.0 Å². The summed E-state index contributed by atoms with van der Waals surface area (Å²) in [6.45, 7) is 5.00. The van der Waals surface area contributed by atoms with Crippen molar-refractivity contribution in [1.82, 2.24) is 9.55 Å². The summed E-state index contributed by atoms with van der Waals surface area (Å²) < 4.78 is 2.19. The first-order valence-corrected chi connectivity index (χ1v) is 8.37. The monoisotopic (exact) mass is 288 g/mol. The highest BCUT2D eigenvalue weighted by Gasteiger charge is 2.13. The van der Waals surface area contributed by atoms with Crippen molar-refractivity contribution in [2.45, 2.75) is 71.4 Å². The molecule has 0 bridgehead atoms. The molecular formula is C18H28N2O. The van der Waals surface area contributed by atoms with Crippen LogP contribution < -0.4 is 0 Å². The van der Waals surface area contributed by atoms with Crippen LogP contribution in [0.1, 0.15) is 70.7 Å². The normalized spacial score (nSPS) is 12.9. The third kappa shape index (κ3) is 4.31. The molecule has 3 heteroatoms. The summed E-state index contributed by atoms with van der Waals surface area (Å²) in [5.74, 6) is 0.794. The highest BCUT2D eigenvalue weighted by Crippen LogP contribution is 2.21. The van der Waals surface area contributed by atoms with E-state index >= 15 is 0 Å². The maximum atomic E-state index is 9.92. The largest absolute Gasteiger partial charge is 0.385 e. The first-order chi connectivity index (χ1) is 10.2. The van der Waals surface area contributed by atoms with E-state index in [-0.39, 0.29) is 0 Å². The van der Waals surface area contributed by atoms with Crippen molar-refractivity contribution in [3.05, 3.63) is 30.1 Å². The Morgan fingerprint density at radius 1 is 1.05 bits per heavy atom. The predicted octanol–water partition coefficient (Wildman–Crippen LogP) is 4.84. The van der Waals surface area contributed by atoms with Crippen LogP contribution >= 0.6 is 0 Å². The van der Waals surface area contributed by atoms with E-state index in [9.17, 15) is 5.11 Å². The molecule has 1 atom stereocenters. The maximum Gasteiger partial charge on any atom is 0.138 e. The molecule has 0 fully saturated rings. The third-order valence-electron chi connectivity index (χ3n) is 4.04. The van der Waals surface area contributed by atoms with Crippen molar-refractivity contribution in [2.75, 3.05) is 0 Å². The summed E-state index contributed by atoms with van der Waals surface area (Å²) in [7, 11) is 0. The molecule has 2 rings (SSSR count). The minimum absolute atomic E-state index is 0.512. The highest BCUT2D eigenvalue weighted by atomic mass is 16.3. The molecule has 21 heavy (non-hydrogen) atoms. The van der Waals surface area contributed by atoms with E-state index in [1.807, 2.05) is 18.2 Å². The number of fused-ring (bicyclic) bond motifs is 1. The van der Waals surface area contributed by atoms with Crippen LogP contribution in [0.25, 0.3) is 11.0 Å². The second-order valence-electron chi connectivity index (χ2n) is 5.91. The van der Waals surface area contributed by atoms with Crippen LogP contribution in [0, 0.1) is 0 Å². The number of imidazole rings is 1. The third-order valence-corrected chi connectivity index (χ3v) is 4.04. The number of nitrogens with zero attached hydrogens (tertiary/aromatic N) is 2. The van der Waals surface area contributed by atoms with Gasteiger partial charge in [-0.15, -0.1) is 0 Å². The number of rotatable bonds is 9. The maximum absolute atomic E-state index is 9.92. The van der Waals surface area contributed by atoms with Gasteiger partial charge in [0, 0.05) is 6.54 Å². The number of aryl methyl sites for hydroxylation is 1. The molecule has 0 saturated carbocycles. The molecule has 1 N–H and O–H groups in total. The van der Waals surface area contributed by atoms with Crippen molar-refractivity contribution in [3.63, 3.8) is 0 Å². The fraction of sp³-hybridized carbons (Fsp3) is 0.611. The fourth-order valence-corrected chi connectivity index (χ4v) is 2.88. The molecule has 0 unspecified atom stereocenters. The number of benzene rings is 1. The van der Waals surface area contributed by atoms with Gasteiger partial charge in [0.25, 0.3) is 0 Å². The highest BCUT2D eigenvalue weighted by molar-refractivity contribution is 5.75. The lowest BCUT2D eigenvalue weighted by atomic mass is 10.1. The number of hydrogen-bond acceptors (Lipinski definition) is 2. The number of para-hydroxylation sites is 2. The fourth-order valence-electron chi connectivity index (χ4n) is 2.88. The molecule has 116 valence electrons. The number of hydrogen-bond donors (Lipinski definition) is 1. The second-order valence-corrected chi connectivity index (χ2v) is 5.91. The van der Waals surface area contributed by atoms with E-state index in [0.29, 0.717) is 0 Å². The zero-order chi connectivity index (χ0) is 15.1. The van der Waals surface area contributed by atoms with Crippen LogP contribution in [0.2, 0.25) is 0 Å². The summed E-state index contributed by atoms with van der Waals surface area (Å²) in [6.07, 6.45) is 8.60. The predicted molar refractivity (Wildman–Crippen MR) is 88.4 cm³/mol. The van der Waals surface area contributed by atoms with Gasteiger partial charge in [0.1, 0.15) is 11.9 Å². The van der Waals surface area contributed by atoms with Crippen LogP contribution in [-0.2, 0) is 6.54 Å². The van der Waals surface area contributed by atoms with Gasteiger partial charge in [-0.25, -0.2) is 4.98 Å². The summed E-state index contributed by atoms with van der Waals surface area (Å²) in [4.78, 5) is 4.56. The topological polar surface area (TPSA) is 38.0 Å². The van der Waals surface area contributed by atoms with Crippen molar-refractivity contribution in [3.8, 4) is 0 Å². The van der Waals surface area contributed by atoms with Gasteiger partial charge in [0.2, 0.25) is 0 Å². The summed E-state index contributed by atoms with van der Waals surface area (Å²) in [5.41, 5.74) is 2.12. The number of unbranched alkanes of at least 4 members (excludes halogenated alkanes) is 6. The average molecular weight is 288 g/mol. The molecule has 1 aromatic carbocycles. The first-order valence-electron chi connectivity index (χ1n) is 8.37. The Bertz CT molecular complexity index is 545. The smallest absolute Gasteiger partial charge is 0.138 e. The van der Waals surface area contributed by atoms with E-state index in [0.717, 1.165) is 29.8 Å². The SMILES string of the molecule is CCCCCCCCCn1c([C@H](C)O)nc2ccccc21. The van der Waals surface area contributed by atoms with Gasteiger partial charge in [-0.2, -0.15) is 0 Å². The van der Waals surface area contributed by atoms with Crippen molar-refractivity contribution >= 4 is 11.0 Å². The Hall–Kier alpha value is -1.35. The quantitative estimate of drug-likeness (QED) is 0.670. The van der Waals surface area contributed by atoms with E-state index in [2.05, 4.69) is 22.5 Å². The summed E-state index contributed by atoms with van der Waals surface area (Å²) in [6, 6.07) is 8.15. The molecule has 2 aromatic rings. The molecule has 1 aromatic heterocycles. The molecule has 0 aliphatic rings. The average Bonchev–Trinajstić information content (AvgIpc) is 2.85. The molecule has 0 spiro atoms. The molecule has 0 amide bonds. The Balaban J connectivity index is 1.93. The molecule has 3 nitrogen and oxygen atoms in total. The molecule has 0 aliphatic carbocycles. The standard InChI is InChI=1S/C18H28N2O/c1-3-4-5-6-7-8-11-14-20-17-13-10-9-12-16(17)19-18(20)15(2)21/h9-10,12-13,15,21H,3-8,11,14H2,1-2H3/t15-/m0/s1. The zero-order valence-electron chi connectivity index (χ0n) is 13.4. The van der Waals surface area contributed by atoms with E-state index < -0.39 is 6.10 Å². The van der Waals surface area contributed by atoms with Gasteiger partial charge >= 0.3 is 0 Å². The van der Waals surface area contributed by atoms with Gasteiger partial charge in [0.15, 0.2) is 0 Å². The van der Waals surface area contributed by atoms with Gasteiger partial charge < -0.3 is 9.67 Å². The molecule has 1 heterocycles. The van der Waals surface area contributed by atoms with Crippen molar-refractivity contribution < 1.29 is 5.11 Å². The number of aliphatic hydroxyl groups is 1. The van der Waals surface area contributed by atoms with Crippen LogP contribution in [0.5, 0.6) is 0 Å². The van der Waals surface area contributed by atoms with E-state index in [1.165, 1.54) is 38.5 Å². The molecule has 0 saturated heterocycles. The van der Waals surface area contributed by atoms with Crippen molar-refractivity contribution in [1.29, 1.82) is 0 Å². The van der Waals surface area contributed by atoms with Gasteiger partial charge in [-0.1, -0.05) is 57.6 Å². The number of aliphatic hydroxyl groups excluding tert-OH is 1. The van der Waals surface area contributed by atoms with Gasteiger partial charge in [-0.3, -0.25) is 0 Å². The minimum Gasteiger partial charge on any atom is -0.385 e. The molecular weight excluding hydrogens is 260 g/mol. The lowest BCUT2D eigenvalue weighted by Gasteiger charge is -2.10. The van der Waals surface area contributed by atoms with E-state index in [1.54, 1.807) is 6.92 Å². The van der Waals surface area contributed by atoms with E-state index in [4.69, 9.17) is 0 Å². The zero-order valence-corrected chi connectivity index (χ0v) is 13.4. The lowest BCUT2D eigenvalue weighted by molar-refractivity contribution is 0.184. The van der Waals surface area contributed by atoms with Gasteiger partial charge in [-0.05, 0) is 25.5 Å². The molecule has 0 aliphatic heterocycles. The molecule has 0 radical (unpaired) electrons. The minimum atomic E-state index is -0.512. The first kappa shape index (κ1) is 16.0. The Morgan fingerprint density at radius 2 is 1.71 bits per heavy atom.